The first-order valence-electron chi connectivity index (χ1n) is 5.13. The van der Waals surface area contributed by atoms with Crippen LogP contribution in [-0.2, 0) is 4.79 Å². The van der Waals surface area contributed by atoms with Crippen molar-refractivity contribution < 1.29 is 4.79 Å². The first-order chi connectivity index (χ1) is 8.70. The largest absolute Gasteiger partial charge is 0.277 e. The molecule has 0 atom stereocenters. The summed E-state index contributed by atoms with van der Waals surface area (Å²) in [4.78, 5) is 14.3. The molecule has 0 saturated heterocycles. The minimum Gasteiger partial charge on any atom is -0.277 e. The number of halogens is 1. The highest BCUT2D eigenvalue weighted by Crippen LogP contribution is 2.21. The third-order valence-corrected chi connectivity index (χ3v) is 2.47. The standard InChI is InChI=1S/C11H10ClN5O/c1-7-10(8-2-4-9(12)5-3-8)15-17-11(14-7)16-13-6-18/h2-6H,1H3,(H,13,18)(H,14,16,17). The van der Waals surface area contributed by atoms with Gasteiger partial charge in [-0.2, -0.15) is 0 Å². The number of anilines is 1. The molecule has 18 heavy (non-hydrogen) atoms. The second-order valence-electron chi connectivity index (χ2n) is 3.46. The lowest BCUT2D eigenvalue weighted by molar-refractivity contribution is -0.109. The van der Waals surface area contributed by atoms with Gasteiger partial charge >= 0.3 is 0 Å². The van der Waals surface area contributed by atoms with E-state index in [1.807, 2.05) is 19.1 Å². The summed E-state index contributed by atoms with van der Waals surface area (Å²) >= 11 is 5.82. The lowest BCUT2D eigenvalue weighted by Gasteiger charge is -2.06. The van der Waals surface area contributed by atoms with Gasteiger partial charge in [0.1, 0.15) is 5.69 Å². The van der Waals surface area contributed by atoms with Gasteiger partial charge in [-0.15, -0.1) is 10.2 Å². The molecule has 7 heteroatoms. The van der Waals surface area contributed by atoms with Crippen LogP contribution >= 0.6 is 11.6 Å². The van der Waals surface area contributed by atoms with Gasteiger partial charge in [0.15, 0.2) is 0 Å². The molecular formula is C11H10ClN5O. The van der Waals surface area contributed by atoms with Gasteiger partial charge in [0, 0.05) is 10.6 Å². The fourth-order valence-corrected chi connectivity index (χ4v) is 1.55. The first kappa shape index (κ1) is 12.3. The minimum atomic E-state index is 0.234. The Morgan fingerprint density at radius 2 is 1.94 bits per heavy atom. The molecule has 0 unspecified atom stereocenters. The Balaban J connectivity index is 2.29. The van der Waals surface area contributed by atoms with E-state index in [1.54, 1.807) is 12.1 Å². The van der Waals surface area contributed by atoms with Gasteiger partial charge in [0.05, 0.1) is 5.69 Å². The van der Waals surface area contributed by atoms with Crippen LogP contribution in [0.2, 0.25) is 5.02 Å². The van der Waals surface area contributed by atoms with Gasteiger partial charge < -0.3 is 0 Å². The van der Waals surface area contributed by atoms with E-state index in [2.05, 4.69) is 26.0 Å². The molecule has 2 aromatic rings. The van der Waals surface area contributed by atoms with Crippen molar-refractivity contribution in [2.75, 3.05) is 5.43 Å². The van der Waals surface area contributed by atoms with Crippen molar-refractivity contribution in [1.29, 1.82) is 0 Å². The molecule has 0 aliphatic heterocycles. The number of amides is 1. The summed E-state index contributed by atoms with van der Waals surface area (Å²) in [6.45, 7) is 1.81. The van der Waals surface area contributed by atoms with Gasteiger partial charge in [-0.25, -0.2) is 4.98 Å². The number of hydrazine groups is 1. The SMILES string of the molecule is Cc1nc(NNC=O)nnc1-c1ccc(Cl)cc1. The number of aryl methyl sites for hydroxylation is 1. The minimum absolute atomic E-state index is 0.234. The molecule has 0 fully saturated rings. The Kier molecular flexibility index (Phi) is 3.69. The summed E-state index contributed by atoms with van der Waals surface area (Å²) in [5.41, 5.74) is 6.99. The zero-order valence-corrected chi connectivity index (χ0v) is 10.3. The summed E-state index contributed by atoms with van der Waals surface area (Å²) in [5, 5.41) is 8.56. The molecule has 0 aliphatic rings. The maximum Gasteiger partial charge on any atom is 0.261 e. The second kappa shape index (κ2) is 5.42. The number of carbonyl (C=O) groups is 1. The molecule has 2 rings (SSSR count). The molecule has 0 bridgehead atoms. The predicted molar refractivity (Wildman–Crippen MR) is 67.8 cm³/mol. The van der Waals surface area contributed by atoms with Gasteiger partial charge in [0.25, 0.3) is 5.95 Å². The second-order valence-corrected chi connectivity index (χ2v) is 3.90. The Morgan fingerprint density at radius 1 is 1.22 bits per heavy atom. The number of rotatable bonds is 4. The lowest BCUT2D eigenvalue weighted by Crippen LogP contribution is -2.21. The molecule has 6 nitrogen and oxygen atoms in total. The molecule has 92 valence electrons. The predicted octanol–water partition coefficient (Wildman–Crippen LogP) is 1.57. The molecular weight excluding hydrogens is 254 g/mol. The fourth-order valence-electron chi connectivity index (χ4n) is 1.43. The third kappa shape index (κ3) is 2.72. The summed E-state index contributed by atoms with van der Waals surface area (Å²) in [5.74, 6) is 0.234. The zero-order valence-electron chi connectivity index (χ0n) is 9.51. The number of benzene rings is 1. The molecule has 0 saturated carbocycles. The Morgan fingerprint density at radius 3 is 2.56 bits per heavy atom. The highest BCUT2D eigenvalue weighted by Gasteiger charge is 2.07. The van der Waals surface area contributed by atoms with Crippen molar-refractivity contribution in [1.82, 2.24) is 20.6 Å². The third-order valence-electron chi connectivity index (χ3n) is 2.22. The van der Waals surface area contributed by atoms with Crippen molar-refractivity contribution in [2.45, 2.75) is 6.92 Å². The summed E-state index contributed by atoms with van der Waals surface area (Å²) < 4.78 is 0. The quantitative estimate of drug-likeness (QED) is 0.647. The summed E-state index contributed by atoms with van der Waals surface area (Å²) in [6.07, 6.45) is 0.492. The van der Waals surface area contributed by atoms with Crippen LogP contribution in [-0.4, -0.2) is 21.6 Å². The Hall–Kier alpha value is -2.21. The van der Waals surface area contributed by atoms with E-state index < -0.39 is 0 Å². The molecule has 1 aromatic heterocycles. The molecule has 0 radical (unpaired) electrons. The summed E-state index contributed by atoms with van der Waals surface area (Å²) in [7, 11) is 0. The van der Waals surface area contributed by atoms with E-state index in [4.69, 9.17) is 11.6 Å². The number of nitrogens with one attached hydrogen (secondary N) is 2. The van der Waals surface area contributed by atoms with Crippen LogP contribution in [0.25, 0.3) is 11.3 Å². The van der Waals surface area contributed by atoms with Crippen LogP contribution in [0.3, 0.4) is 0 Å². The number of hydrogen-bond donors (Lipinski definition) is 2. The van der Waals surface area contributed by atoms with E-state index in [1.165, 1.54) is 0 Å². The fraction of sp³-hybridized carbons (Fsp3) is 0.0909. The van der Waals surface area contributed by atoms with Gasteiger partial charge in [-0.3, -0.25) is 15.6 Å². The highest BCUT2D eigenvalue weighted by molar-refractivity contribution is 6.30. The molecule has 0 spiro atoms. The number of carbonyl (C=O) groups excluding carboxylic acids is 1. The van der Waals surface area contributed by atoms with Crippen LogP contribution < -0.4 is 10.9 Å². The number of hydrogen-bond acceptors (Lipinski definition) is 5. The van der Waals surface area contributed by atoms with Crippen LogP contribution in [0, 0.1) is 6.92 Å². The normalized spacial score (nSPS) is 9.89. The van der Waals surface area contributed by atoms with E-state index in [-0.39, 0.29) is 5.95 Å². The monoisotopic (exact) mass is 263 g/mol. The molecule has 1 aromatic carbocycles. The molecule has 2 N–H and O–H groups in total. The Bertz CT molecular complexity index is 558. The van der Waals surface area contributed by atoms with Crippen molar-refractivity contribution in [3.63, 3.8) is 0 Å². The number of nitrogens with zero attached hydrogens (tertiary/aromatic N) is 3. The molecule has 1 amide bonds. The zero-order chi connectivity index (χ0) is 13.0. The van der Waals surface area contributed by atoms with Crippen LogP contribution in [0.5, 0.6) is 0 Å². The van der Waals surface area contributed by atoms with E-state index >= 15 is 0 Å². The van der Waals surface area contributed by atoms with Gasteiger partial charge in [-0.05, 0) is 19.1 Å². The average Bonchev–Trinajstić information content (AvgIpc) is 2.38. The van der Waals surface area contributed by atoms with Crippen LogP contribution in [0.1, 0.15) is 5.69 Å². The highest BCUT2D eigenvalue weighted by atomic mass is 35.5. The van der Waals surface area contributed by atoms with Gasteiger partial charge in [-0.1, -0.05) is 23.7 Å². The smallest absolute Gasteiger partial charge is 0.261 e. The number of aromatic nitrogens is 3. The van der Waals surface area contributed by atoms with Crippen LogP contribution in [0.4, 0.5) is 5.95 Å². The molecule has 1 heterocycles. The van der Waals surface area contributed by atoms with E-state index in [0.717, 1.165) is 5.56 Å². The topological polar surface area (TPSA) is 79.8 Å². The average molecular weight is 264 g/mol. The van der Waals surface area contributed by atoms with Crippen molar-refractivity contribution in [2.24, 2.45) is 0 Å². The van der Waals surface area contributed by atoms with Crippen LogP contribution in [0.15, 0.2) is 24.3 Å². The van der Waals surface area contributed by atoms with Crippen molar-refractivity contribution >= 4 is 24.0 Å². The first-order valence-corrected chi connectivity index (χ1v) is 5.51. The van der Waals surface area contributed by atoms with E-state index in [9.17, 15) is 4.79 Å². The van der Waals surface area contributed by atoms with Crippen molar-refractivity contribution in [3.05, 3.63) is 35.0 Å². The maximum atomic E-state index is 10.1. The van der Waals surface area contributed by atoms with Crippen molar-refractivity contribution in [3.8, 4) is 11.3 Å². The van der Waals surface area contributed by atoms with E-state index in [0.29, 0.717) is 22.8 Å². The summed E-state index contributed by atoms with van der Waals surface area (Å²) in [6, 6.07) is 7.24. The molecule has 0 aliphatic carbocycles. The maximum absolute atomic E-state index is 10.1. The van der Waals surface area contributed by atoms with Gasteiger partial charge in [0.2, 0.25) is 6.41 Å². The lowest BCUT2D eigenvalue weighted by atomic mass is 10.1. The Labute approximate surface area is 108 Å².